The normalized spacial score (nSPS) is 24.5. The maximum Gasteiger partial charge on any atom is 0.160 e. The molecule has 2 fully saturated rings. The van der Waals surface area contributed by atoms with Crippen LogP contribution in [0.5, 0.6) is 11.5 Å². The van der Waals surface area contributed by atoms with Crippen LogP contribution in [0.1, 0.15) is 36.8 Å². The first kappa shape index (κ1) is 20.7. The first-order chi connectivity index (χ1) is 14.7. The molecule has 4 rings (SSSR count). The highest BCUT2D eigenvalue weighted by Crippen LogP contribution is 2.45. The van der Waals surface area contributed by atoms with Crippen LogP contribution in [0.3, 0.4) is 0 Å². The van der Waals surface area contributed by atoms with Crippen LogP contribution in [0.2, 0.25) is 0 Å². The molecule has 0 unspecified atom stereocenters. The van der Waals surface area contributed by atoms with Gasteiger partial charge in [-0.3, -0.25) is 0 Å². The summed E-state index contributed by atoms with van der Waals surface area (Å²) < 4.78 is 10.9. The van der Waals surface area contributed by atoms with Gasteiger partial charge in [-0.05, 0) is 67.3 Å². The van der Waals surface area contributed by atoms with E-state index < -0.39 is 0 Å². The second-order valence-electron chi connectivity index (χ2n) is 8.51. The average Bonchev–Trinajstić information content (AvgIpc) is 3.20. The Hall–Kier alpha value is -2.53. The molecule has 5 nitrogen and oxygen atoms in total. The highest BCUT2D eigenvalue weighted by atomic mass is 16.5. The van der Waals surface area contributed by atoms with Crippen LogP contribution in [0.25, 0.3) is 0 Å². The van der Waals surface area contributed by atoms with Gasteiger partial charge in [0.1, 0.15) is 0 Å². The van der Waals surface area contributed by atoms with Crippen molar-refractivity contribution in [1.82, 2.24) is 10.7 Å². The summed E-state index contributed by atoms with van der Waals surface area (Å²) in [5.74, 6) is 1.61. The predicted octanol–water partition coefficient (Wildman–Crippen LogP) is 3.97. The lowest BCUT2D eigenvalue weighted by Crippen LogP contribution is -2.44. The number of fused-ring (bicyclic) bond motifs is 1. The number of nitrogens with zero attached hydrogens (tertiary/aromatic N) is 1. The Morgan fingerprint density at radius 2 is 1.87 bits per heavy atom. The number of hydrogen-bond acceptors (Lipinski definition) is 5. The van der Waals surface area contributed by atoms with E-state index in [1.165, 1.54) is 29.7 Å². The van der Waals surface area contributed by atoms with E-state index in [1.54, 1.807) is 14.2 Å². The SMILES string of the molecule is COc1ccc(C[C@@]23CCN[C@H]2CC(=NNCCc2ccccc2)CC3)cc1OC. The van der Waals surface area contributed by atoms with Crippen molar-refractivity contribution in [2.45, 2.75) is 44.6 Å². The molecule has 2 aromatic rings. The number of nitrogens with one attached hydrogen (secondary N) is 2. The van der Waals surface area contributed by atoms with Gasteiger partial charge in [0.15, 0.2) is 11.5 Å². The summed E-state index contributed by atoms with van der Waals surface area (Å²) >= 11 is 0. The predicted molar refractivity (Wildman–Crippen MR) is 122 cm³/mol. The smallest absolute Gasteiger partial charge is 0.160 e. The number of ether oxygens (including phenoxy) is 2. The highest BCUT2D eigenvalue weighted by Gasteiger charge is 2.45. The molecule has 0 amide bonds. The van der Waals surface area contributed by atoms with E-state index >= 15 is 0 Å². The molecule has 2 aromatic carbocycles. The largest absolute Gasteiger partial charge is 0.493 e. The molecule has 5 heteroatoms. The van der Waals surface area contributed by atoms with Crippen LogP contribution in [0.15, 0.2) is 53.6 Å². The second-order valence-corrected chi connectivity index (χ2v) is 8.51. The molecule has 160 valence electrons. The van der Waals surface area contributed by atoms with E-state index in [4.69, 9.17) is 14.6 Å². The molecular formula is C25H33N3O2. The van der Waals surface area contributed by atoms with E-state index in [0.717, 1.165) is 50.3 Å². The topological polar surface area (TPSA) is 54.9 Å². The standard InChI is InChI=1S/C25H33N3O2/c1-29-22-9-8-20(16-23(22)30-2)18-25-12-10-21(17-24(25)26-15-13-25)28-27-14-11-19-6-4-3-5-7-19/h3-9,16,24,26-27H,10-15,17-18H2,1-2H3/t24-,25+/m0/s1. The Balaban J connectivity index is 1.36. The molecule has 1 aliphatic carbocycles. The van der Waals surface area contributed by atoms with E-state index in [0.29, 0.717) is 11.5 Å². The molecule has 2 atom stereocenters. The van der Waals surface area contributed by atoms with Gasteiger partial charge in [-0.15, -0.1) is 0 Å². The van der Waals surface area contributed by atoms with Gasteiger partial charge in [-0.1, -0.05) is 36.4 Å². The molecule has 2 aliphatic rings. The fourth-order valence-electron chi connectivity index (χ4n) is 5.02. The summed E-state index contributed by atoms with van der Waals surface area (Å²) in [6.45, 7) is 1.97. The van der Waals surface area contributed by atoms with Crippen molar-refractivity contribution < 1.29 is 9.47 Å². The maximum absolute atomic E-state index is 5.51. The monoisotopic (exact) mass is 407 g/mol. The lowest BCUT2D eigenvalue weighted by atomic mass is 9.67. The maximum atomic E-state index is 5.51. The zero-order valence-electron chi connectivity index (χ0n) is 18.1. The Labute approximate surface area is 179 Å². The zero-order chi connectivity index (χ0) is 20.8. The third-order valence-electron chi connectivity index (χ3n) is 6.71. The van der Waals surface area contributed by atoms with E-state index in [-0.39, 0.29) is 0 Å². The van der Waals surface area contributed by atoms with Crippen molar-refractivity contribution in [3.8, 4) is 11.5 Å². The van der Waals surface area contributed by atoms with Gasteiger partial charge in [0.2, 0.25) is 0 Å². The van der Waals surface area contributed by atoms with Crippen LogP contribution in [0.4, 0.5) is 0 Å². The number of hydrazone groups is 1. The number of hydrogen-bond donors (Lipinski definition) is 2. The van der Waals surface area contributed by atoms with Gasteiger partial charge in [-0.25, -0.2) is 0 Å². The molecule has 1 saturated heterocycles. The Morgan fingerprint density at radius 3 is 2.67 bits per heavy atom. The molecule has 0 radical (unpaired) electrons. The van der Waals surface area contributed by atoms with Gasteiger partial charge in [-0.2, -0.15) is 5.10 Å². The Bertz CT molecular complexity index is 868. The number of rotatable bonds is 8. The summed E-state index contributed by atoms with van der Waals surface area (Å²) in [6.07, 6.45) is 6.58. The quantitative estimate of drug-likeness (QED) is 0.514. The van der Waals surface area contributed by atoms with Gasteiger partial charge in [0, 0.05) is 24.7 Å². The number of methoxy groups -OCH3 is 2. The zero-order valence-corrected chi connectivity index (χ0v) is 18.1. The van der Waals surface area contributed by atoms with Crippen molar-refractivity contribution in [2.24, 2.45) is 10.5 Å². The summed E-state index contributed by atoms with van der Waals surface area (Å²) in [6, 6.07) is 17.4. The lowest BCUT2D eigenvalue weighted by molar-refractivity contribution is 0.215. The molecule has 0 aromatic heterocycles. The van der Waals surface area contributed by atoms with E-state index in [1.807, 2.05) is 6.07 Å². The summed E-state index contributed by atoms with van der Waals surface area (Å²) in [7, 11) is 3.39. The fourth-order valence-corrected chi connectivity index (χ4v) is 5.02. The lowest BCUT2D eigenvalue weighted by Gasteiger charge is -2.40. The molecule has 2 N–H and O–H groups in total. The highest BCUT2D eigenvalue weighted by molar-refractivity contribution is 5.86. The van der Waals surface area contributed by atoms with Gasteiger partial charge >= 0.3 is 0 Å². The summed E-state index contributed by atoms with van der Waals surface area (Å²) in [5.41, 5.74) is 7.58. The van der Waals surface area contributed by atoms with Crippen LogP contribution in [0, 0.1) is 5.41 Å². The molecule has 0 spiro atoms. The Morgan fingerprint density at radius 1 is 1.03 bits per heavy atom. The molecular weight excluding hydrogens is 374 g/mol. The third-order valence-corrected chi connectivity index (χ3v) is 6.71. The molecule has 1 aliphatic heterocycles. The van der Waals surface area contributed by atoms with Crippen molar-refractivity contribution in [3.63, 3.8) is 0 Å². The molecule has 1 saturated carbocycles. The van der Waals surface area contributed by atoms with Crippen molar-refractivity contribution >= 4 is 5.71 Å². The van der Waals surface area contributed by atoms with Crippen molar-refractivity contribution in [3.05, 3.63) is 59.7 Å². The third kappa shape index (κ3) is 4.62. The first-order valence-corrected chi connectivity index (χ1v) is 11.0. The number of benzene rings is 2. The molecule has 0 bridgehead atoms. The first-order valence-electron chi connectivity index (χ1n) is 11.0. The van der Waals surface area contributed by atoms with Crippen molar-refractivity contribution in [1.29, 1.82) is 0 Å². The van der Waals surface area contributed by atoms with E-state index in [2.05, 4.69) is 53.2 Å². The van der Waals surface area contributed by atoms with Crippen molar-refractivity contribution in [2.75, 3.05) is 27.3 Å². The fraction of sp³-hybridized carbons (Fsp3) is 0.480. The second kappa shape index (κ2) is 9.52. The Kier molecular flexibility index (Phi) is 6.58. The van der Waals surface area contributed by atoms with Gasteiger partial charge in [0.05, 0.1) is 14.2 Å². The minimum absolute atomic E-state index is 0.308. The minimum atomic E-state index is 0.308. The van der Waals surface area contributed by atoms with Crippen LogP contribution in [-0.2, 0) is 12.8 Å². The van der Waals surface area contributed by atoms with Gasteiger partial charge in [0.25, 0.3) is 0 Å². The summed E-state index contributed by atoms with van der Waals surface area (Å²) in [5, 5.41) is 8.49. The van der Waals surface area contributed by atoms with Gasteiger partial charge < -0.3 is 20.2 Å². The van der Waals surface area contributed by atoms with Crippen LogP contribution in [-0.4, -0.2) is 39.1 Å². The van der Waals surface area contributed by atoms with Crippen LogP contribution < -0.4 is 20.2 Å². The summed E-state index contributed by atoms with van der Waals surface area (Å²) in [4.78, 5) is 0. The minimum Gasteiger partial charge on any atom is -0.493 e. The average molecular weight is 408 g/mol. The van der Waals surface area contributed by atoms with E-state index in [9.17, 15) is 0 Å². The molecule has 1 heterocycles. The molecule has 30 heavy (non-hydrogen) atoms. The van der Waals surface area contributed by atoms with Crippen LogP contribution >= 0.6 is 0 Å².